The van der Waals surface area contributed by atoms with Gasteiger partial charge in [-0.25, -0.2) is 8.42 Å². The standard InChI is InChI=1S/C28H24ClNO5S/c1-33-26-15-13-24(36(31,32)23-6-4-3-5-7-23)17-25(26)30-18-21-10-14-27(28(16-21)34-2)35-19-20-8-11-22(29)12-9-20/h3-18H,19H2,1-2H3. The highest BCUT2D eigenvalue weighted by Gasteiger charge is 2.19. The number of sulfone groups is 1. The van der Waals surface area contributed by atoms with Crippen LogP contribution in [0.3, 0.4) is 0 Å². The number of ether oxygens (including phenoxy) is 3. The van der Waals surface area contributed by atoms with E-state index >= 15 is 0 Å². The first-order valence-corrected chi connectivity index (χ1v) is 12.8. The van der Waals surface area contributed by atoms with Gasteiger partial charge in [-0.2, -0.15) is 0 Å². The van der Waals surface area contributed by atoms with Crippen LogP contribution in [-0.2, 0) is 16.4 Å². The van der Waals surface area contributed by atoms with E-state index in [0.29, 0.717) is 34.6 Å². The van der Waals surface area contributed by atoms with Crippen molar-refractivity contribution in [2.75, 3.05) is 14.2 Å². The molecule has 0 fully saturated rings. The molecule has 0 unspecified atom stereocenters. The zero-order valence-electron chi connectivity index (χ0n) is 19.7. The lowest BCUT2D eigenvalue weighted by Gasteiger charge is -2.12. The summed E-state index contributed by atoms with van der Waals surface area (Å²) >= 11 is 5.93. The number of halogens is 1. The average molecular weight is 522 g/mol. The van der Waals surface area contributed by atoms with Crippen molar-refractivity contribution in [1.82, 2.24) is 0 Å². The highest BCUT2D eigenvalue weighted by atomic mass is 35.5. The van der Waals surface area contributed by atoms with Crippen LogP contribution in [0.2, 0.25) is 5.02 Å². The maximum absolute atomic E-state index is 13.0. The van der Waals surface area contributed by atoms with E-state index in [4.69, 9.17) is 25.8 Å². The number of hydrogen-bond acceptors (Lipinski definition) is 6. The van der Waals surface area contributed by atoms with Crippen molar-refractivity contribution in [1.29, 1.82) is 0 Å². The molecule has 36 heavy (non-hydrogen) atoms. The zero-order chi connectivity index (χ0) is 25.5. The van der Waals surface area contributed by atoms with Gasteiger partial charge in [0, 0.05) is 11.2 Å². The Morgan fingerprint density at radius 2 is 1.47 bits per heavy atom. The van der Waals surface area contributed by atoms with Gasteiger partial charge < -0.3 is 14.2 Å². The van der Waals surface area contributed by atoms with Gasteiger partial charge in [-0.3, -0.25) is 4.99 Å². The molecule has 0 atom stereocenters. The van der Waals surface area contributed by atoms with E-state index in [9.17, 15) is 8.42 Å². The van der Waals surface area contributed by atoms with Crippen molar-refractivity contribution >= 4 is 33.3 Å². The first-order valence-electron chi connectivity index (χ1n) is 11.0. The van der Waals surface area contributed by atoms with Gasteiger partial charge in [0.05, 0.1) is 24.0 Å². The van der Waals surface area contributed by atoms with Gasteiger partial charge in [-0.05, 0) is 71.8 Å². The third-order valence-corrected chi connectivity index (χ3v) is 7.38. The number of rotatable bonds is 9. The van der Waals surface area contributed by atoms with Crippen LogP contribution < -0.4 is 14.2 Å². The third kappa shape index (κ3) is 5.87. The summed E-state index contributed by atoms with van der Waals surface area (Å²) in [5.74, 6) is 1.58. The molecule has 184 valence electrons. The lowest BCUT2D eigenvalue weighted by atomic mass is 10.2. The highest BCUT2D eigenvalue weighted by molar-refractivity contribution is 7.91. The Balaban J connectivity index is 1.57. The molecular weight excluding hydrogens is 498 g/mol. The Hall–Kier alpha value is -3.81. The van der Waals surface area contributed by atoms with Crippen molar-refractivity contribution < 1.29 is 22.6 Å². The van der Waals surface area contributed by atoms with Gasteiger partial charge in [0.2, 0.25) is 9.84 Å². The molecule has 0 radical (unpaired) electrons. The van der Waals surface area contributed by atoms with E-state index in [0.717, 1.165) is 11.1 Å². The second-order valence-corrected chi connectivity index (χ2v) is 10.1. The molecule has 0 saturated carbocycles. The lowest BCUT2D eigenvalue weighted by molar-refractivity contribution is 0.284. The maximum Gasteiger partial charge on any atom is 0.206 e. The fourth-order valence-electron chi connectivity index (χ4n) is 3.44. The predicted octanol–water partition coefficient (Wildman–Crippen LogP) is 6.52. The van der Waals surface area contributed by atoms with E-state index in [1.54, 1.807) is 61.9 Å². The summed E-state index contributed by atoms with van der Waals surface area (Å²) in [6.45, 7) is 0.362. The van der Waals surface area contributed by atoms with Crippen LogP contribution in [-0.4, -0.2) is 28.9 Å². The van der Waals surface area contributed by atoms with E-state index in [1.165, 1.54) is 19.2 Å². The zero-order valence-corrected chi connectivity index (χ0v) is 21.3. The summed E-state index contributed by atoms with van der Waals surface area (Å²) in [4.78, 5) is 4.84. The summed E-state index contributed by atoms with van der Waals surface area (Å²) < 4.78 is 42.9. The van der Waals surface area contributed by atoms with Crippen LogP contribution in [0.4, 0.5) is 5.69 Å². The molecule has 6 nitrogen and oxygen atoms in total. The van der Waals surface area contributed by atoms with Crippen LogP contribution >= 0.6 is 11.6 Å². The SMILES string of the molecule is COc1ccc(S(=O)(=O)c2ccccc2)cc1N=Cc1ccc(OCc2ccc(Cl)cc2)c(OC)c1. The topological polar surface area (TPSA) is 74.2 Å². The minimum absolute atomic E-state index is 0.130. The monoisotopic (exact) mass is 521 g/mol. The molecule has 0 spiro atoms. The van der Waals surface area contributed by atoms with Crippen LogP contribution in [0, 0.1) is 0 Å². The number of hydrogen-bond donors (Lipinski definition) is 0. The van der Waals surface area contributed by atoms with Gasteiger partial charge in [0.1, 0.15) is 18.0 Å². The van der Waals surface area contributed by atoms with E-state index < -0.39 is 9.84 Å². The fourth-order valence-corrected chi connectivity index (χ4v) is 4.87. The number of aliphatic imine (C=N–C) groups is 1. The minimum Gasteiger partial charge on any atom is -0.494 e. The highest BCUT2D eigenvalue weighted by Crippen LogP contribution is 2.33. The lowest BCUT2D eigenvalue weighted by Crippen LogP contribution is -2.02. The van der Waals surface area contributed by atoms with Gasteiger partial charge >= 0.3 is 0 Å². The maximum atomic E-state index is 13.0. The Morgan fingerprint density at radius 1 is 0.778 bits per heavy atom. The van der Waals surface area contributed by atoms with Gasteiger partial charge in [0.15, 0.2) is 11.5 Å². The Labute approximate surface area is 215 Å². The summed E-state index contributed by atoms with van der Waals surface area (Å²) in [5.41, 5.74) is 2.10. The quantitative estimate of drug-likeness (QED) is 0.234. The van der Waals surface area contributed by atoms with Gasteiger partial charge in [-0.1, -0.05) is 41.9 Å². The number of nitrogens with zero attached hydrogens (tertiary/aromatic N) is 1. The van der Waals surface area contributed by atoms with Crippen LogP contribution in [0.1, 0.15) is 11.1 Å². The van der Waals surface area contributed by atoms with Gasteiger partial charge in [0.25, 0.3) is 0 Å². The molecule has 0 aliphatic carbocycles. The number of methoxy groups -OCH3 is 2. The Bertz CT molecular complexity index is 1470. The summed E-state index contributed by atoms with van der Waals surface area (Å²) in [6, 6.07) is 25.7. The number of benzene rings is 4. The van der Waals surface area contributed by atoms with E-state index in [1.807, 2.05) is 30.3 Å². The molecule has 0 bridgehead atoms. The third-order valence-electron chi connectivity index (χ3n) is 5.36. The van der Waals surface area contributed by atoms with Crippen LogP contribution in [0.5, 0.6) is 17.2 Å². The molecular formula is C28H24ClNO5S. The van der Waals surface area contributed by atoms with Crippen molar-refractivity contribution in [2.24, 2.45) is 4.99 Å². The van der Waals surface area contributed by atoms with Crippen molar-refractivity contribution in [3.05, 3.63) is 107 Å². The molecule has 0 saturated heterocycles. The molecule has 0 aliphatic rings. The summed E-state index contributed by atoms with van der Waals surface area (Å²) in [6.07, 6.45) is 1.61. The summed E-state index contributed by atoms with van der Waals surface area (Å²) in [5, 5.41) is 0.666. The molecule has 0 amide bonds. The molecule has 4 aromatic rings. The van der Waals surface area contributed by atoms with Crippen molar-refractivity contribution in [3.63, 3.8) is 0 Å². The van der Waals surface area contributed by atoms with Crippen LogP contribution in [0.15, 0.2) is 106 Å². The molecule has 4 rings (SSSR count). The normalized spacial score (nSPS) is 11.4. The second-order valence-electron chi connectivity index (χ2n) is 7.73. The minimum atomic E-state index is -3.69. The average Bonchev–Trinajstić information content (AvgIpc) is 2.92. The van der Waals surface area contributed by atoms with Crippen molar-refractivity contribution in [3.8, 4) is 17.2 Å². The Morgan fingerprint density at radius 3 is 2.17 bits per heavy atom. The molecule has 0 aromatic heterocycles. The van der Waals surface area contributed by atoms with Gasteiger partial charge in [-0.15, -0.1) is 0 Å². The van der Waals surface area contributed by atoms with E-state index in [-0.39, 0.29) is 9.79 Å². The molecule has 0 heterocycles. The first-order chi connectivity index (χ1) is 17.4. The Kier molecular flexibility index (Phi) is 7.93. The largest absolute Gasteiger partial charge is 0.494 e. The molecule has 0 aliphatic heterocycles. The van der Waals surface area contributed by atoms with Crippen molar-refractivity contribution in [2.45, 2.75) is 16.4 Å². The van der Waals surface area contributed by atoms with E-state index in [2.05, 4.69) is 4.99 Å². The van der Waals surface area contributed by atoms with Crippen LogP contribution in [0.25, 0.3) is 0 Å². The smallest absolute Gasteiger partial charge is 0.206 e. The predicted molar refractivity (Wildman–Crippen MR) is 141 cm³/mol. The second kappa shape index (κ2) is 11.3. The summed E-state index contributed by atoms with van der Waals surface area (Å²) in [7, 11) is -0.619. The molecule has 8 heteroatoms. The molecule has 0 N–H and O–H groups in total. The first kappa shape index (κ1) is 25.3. The molecule has 4 aromatic carbocycles. The fraction of sp³-hybridized carbons (Fsp3) is 0.107.